The molecule has 0 saturated carbocycles. The second-order valence-electron chi connectivity index (χ2n) is 4.96. The summed E-state index contributed by atoms with van der Waals surface area (Å²) in [4.78, 5) is 12.1. The summed E-state index contributed by atoms with van der Waals surface area (Å²) >= 11 is 18.9. The van der Waals surface area contributed by atoms with E-state index in [-0.39, 0.29) is 38.5 Å². The maximum Gasteiger partial charge on any atom is 0.277 e. The number of hydrogen-bond donors (Lipinski definition) is 1. The third-order valence-electron chi connectivity index (χ3n) is 3.08. The largest absolute Gasteiger partial charge is 0.411 e. The van der Waals surface area contributed by atoms with Crippen LogP contribution >= 0.6 is 46.6 Å². The Kier molecular flexibility index (Phi) is 6.03. The molecule has 3 aromatic rings. The quantitative estimate of drug-likeness (QED) is 0.534. The van der Waals surface area contributed by atoms with Gasteiger partial charge in [-0.15, -0.1) is 10.2 Å². The predicted molar refractivity (Wildman–Crippen MR) is 101 cm³/mol. The Hall–Kier alpha value is -1.80. The molecule has 3 rings (SSSR count). The van der Waals surface area contributed by atoms with E-state index < -0.39 is 5.82 Å². The van der Waals surface area contributed by atoms with E-state index in [1.54, 1.807) is 6.07 Å². The first-order valence-corrected chi connectivity index (χ1v) is 9.21. The maximum atomic E-state index is 13.2. The zero-order chi connectivity index (χ0) is 18.7. The Balaban J connectivity index is 1.62. The van der Waals surface area contributed by atoms with Crippen LogP contribution in [0.5, 0.6) is 0 Å². The number of amides is 1. The Labute approximate surface area is 166 Å². The molecule has 0 unspecified atom stereocenters. The number of nitrogens with one attached hydrogen (secondary N) is 1. The van der Waals surface area contributed by atoms with Crippen molar-refractivity contribution in [2.45, 2.75) is 5.22 Å². The molecule has 0 fully saturated rings. The van der Waals surface area contributed by atoms with E-state index in [1.165, 1.54) is 30.3 Å². The first-order chi connectivity index (χ1) is 12.4. The number of hydrogen-bond acceptors (Lipinski definition) is 5. The van der Waals surface area contributed by atoms with Crippen LogP contribution in [0.25, 0.3) is 11.5 Å². The number of benzene rings is 2. The van der Waals surface area contributed by atoms with Gasteiger partial charge >= 0.3 is 0 Å². The van der Waals surface area contributed by atoms with Crippen LogP contribution in [0.15, 0.2) is 46.0 Å². The van der Waals surface area contributed by atoms with Gasteiger partial charge in [-0.05, 0) is 30.3 Å². The SMILES string of the molecule is O=C(CSc1nnc(-c2cccc(F)c2)o1)Nc1c(Cl)cc(Cl)cc1Cl. The first-order valence-electron chi connectivity index (χ1n) is 7.09. The molecule has 26 heavy (non-hydrogen) atoms. The normalized spacial score (nSPS) is 10.8. The lowest BCUT2D eigenvalue weighted by molar-refractivity contribution is -0.113. The standard InChI is InChI=1S/C16H9Cl3FN3O2S/c17-9-5-11(18)14(12(19)6-9)21-13(24)7-26-16-23-22-15(25-16)8-2-1-3-10(20)4-8/h1-6H,7H2,(H,21,24). The molecular weight excluding hydrogens is 424 g/mol. The molecule has 0 bridgehead atoms. The van der Waals surface area contributed by atoms with Crippen LogP contribution in [-0.4, -0.2) is 21.9 Å². The van der Waals surface area contributed by atoms with E-state index in [1.807, 2.05) is 0 Å². The van der Waals surface area contributed by atoms with Gasteiger partial charge < -0.3 is 9.73 Å². The first kappa shape index (κ1) is 19.0. The third kappa shape index (κ3) is 4.67. The van der Waals surface area contributed by atoms with Gasteiger partial charge in [-0.3, -0.25) is 4.79 Å². The van der Waals surface area contributed by atoms with Crippen LogP contribution in [0.3, 0.4) is 0 Å². The molecule has 134 valence electrons. The van der Waals surface area contributed by atoms with Gasteiger partial charge in [-0.2, -0.15) is 0 Å². The van der Waals surface area contributed by atoms with Crippen molar-refractivity contribution in [2.24, 2.45) is 0 Å². The van der Waals surface area contributed by atoms with Crippen molar-refractivity contribution in [1.82, 2.24) is 10.2 Å². The molecule has 0 spiro atoms. The summed E-state index contributed by atoms with van der Waals surface area (Å²) in [5.41, 5.74) is 0.725. The van der Waals surface area contributed by atoms with Crippen LogP contribution in [0.2, 0.25) is 15.1 Å². The van der Waals surface area contributed by atoms with Crippen LogP contribution < -0.4 is 5.32 Å². The highest BCUT2D eigenvalue weighted by Crippen LogP contribution is 2.34. The topological polar surface area (TPSA) is 68.0 Å². The number of nitrogens with zero attached hydrogens (tertiary/aromatic N) is 2. The Morgan fingerprint density at radius 3 is 2.58 bits per heavy atom. The van der Waals surface area contributed by atoms with Crippen molar-refractivity contribution in [1.29, 1.82) is 0 Å². The highest BCUT2D eigenvalue weighted by atomic mass is 35.5. The lowest BCUT2D eigenvalue weighted by Crippen LogP contribution is -2.14. The Bertz CT molecular complexity index is 944. The van der Waals surface area contributed by atoms with Gasteiger partial charge in [-0.1, -0.05) is 52.6 Å². The number of aromatic nitrogens is 2. The van der Waals surface area contributed by atoms with E-state index in [2.05, 4.69) is 15.5 Å². The van der Waals surface area contributed by atoms with Gasteiger partial charge in [0.15, 0.2) is 0 Å². The van der Waals surface area contributed by atoms with E-state index in [0.717, 1.165) is 11.8 Å². The van der Waals surface area contributed by atoms with E-state index in [4.69, 9.17) is 39.2 Å². The zero-order valence-corrected chi connectivity index (χ0v) is 15.9. The van der Waals surface area contributed by atoms with Crippen molar-refractivity contribution < 1.29 is 13.6 Å². The second kappa shape index (κ2) is 8.26. The molecule has 1 amide bonds. The smallest absolute Gasteiger partial charge is 0.277 e. The summed E-state index contributed by atoms with van der Waals surface area (Å²) in [5.74, 6) is -0.631. The summed E-state index contributed by atoms with van der Waals surface area (Å²) in [6, 6.07) is 8.71. The summed E-state index contributed by atoms with van der Waals surface area (Å²) in [7, 11) is 0. The minimum absolute atomic E-state index is 0.0138. The molecule has 5 nitrogen and oxygen atoms in total. The molecule has 0 atom stereocenters. The van der Waals surface area contributed by atoms with Gasteiger partial charge in [-0.25, -0.2) is 4.39 Å². The highest BCUT2D eigenvalue weighted by Gasteiger charge is 2.14. The lowest BCUT2D eigenvalue weighted by Gasteiger charge is -2.09. The van der Waals surface area contributed by atoms with Gasteiger partial charge in [0.2, 0.25) is 11.8 Å². The summed E-state index contributed by atoms with van der Waals surface area (Å²) in [5, 5.41) is 11.3. The average Bonchev–Trinajstić information content (AvgIpc) is 3.05. The van der Waals surface area contributed by atoms with Crippen molar-refractivity contribution in [3.8, 4) is 11.5 Å². The fraction of sp³-hybridized carbons (Fsp3) is 0.0625. The lowest BCUT2D eigenvalue weighted by atomic mass is 10.2. The predicted octanol–water partition coefficient (Wildman–Crippen LogP) is 5.57. The van der Waals surface area contributed by atoms with Crippen molar-refractivity contribution >= 4 is 58.2 Å². The fourth-order valence-electron chi connectivity index (χ4n) is 1.97. The second-order valence-corrected chi connectivity index (χ2v) is 7.14. The van der Waals surface area contributed by atoms with Crippen LogP contribution in [0.4, 0.5) is 10.1 Å². The summed E-state index contributed by atoms with van der Waals surface area (Å²) in [6.07, 6.45) is 0. The van der Waals surface area contributed by atoms with Crippen molar-refractivity contribution in [2.75, 3.05) is 11.1 Å². The van der Waals surface area contributed by atoms with Crippen LogP contribution in [0.1, 0.15) is 0 Å². The van der Waals surface area contributed by atoms with E-state index in [0.29, 0.717) is 10.6 Å². The van der Waals surface area contributed by atoms with Crippen LogP contribution in [-0.2, 0) is 4.79 Å². The average molecular weight is 433 g/mol. The van der Waals surface area contributed by atoms with Gasteiger partial charge in [0, 0.05) is 10.6 Å². The molecule has 0 saturated heterocycles. The van der Waals surface area contributed by atoms with Crippen molar-refractivity contribution in [3.63, 3.8) is 0 Å². The minimum Gasteiger partial charge on any atom is -0.411 e. The fourth-order valence-corrected chi connectivity index (χ4v) is 3.45. The van der Waals surface area contributed by atoms with Gasteiger partial charge in [0.05, 0.1) is 21.5 Å². The Morgan fingerprint density at radius 1 is 1.15 bits per heavy atom. The molecule has 1 heterocycles. The summed E-state index contributed by atoms with van der Waals surface area (Å²) < 4.78 is 18.6. The molecule has 0 aliphatic heterocycles. The molecule has 0 aliphatic carbocycles. The van der Waals surface area contributed by atoms with Gasteiger partial charge in [0.1, 0.15) is 5.82 Å². The molecule has 0 radical (unpaired) electrons. The Morgan fingerprint density at radius 2 is 1.88 bits per heavy atom. The molecule has 2 aromatic carbocycles. The summed E-state index contributed by atoms with van der Waals surface area (Å²) in [6.45, 7) is 0. The van der Waals surface area contributed by atoms with Crippen molar-refractivity contribution in [3.05, 3.63) is 57.3 Å². The molecule has 1 aromatic heterocycles. The monoisotopic (exact) mass is 431 g/mol. The molecular formula is C16H9Cl3FN3O2S. The van der Waals surface area contributed by atoms with Gasteiger partial charge in [0.25, 0.3) is 5.22 Å². The third-order valence-corrected chi connectivity index (χ3v) is 4.71. The number of rotatable bonds is 5. The number of anilines is 1. The number of carbonyl (C=O) groups is 1. The minimum atomic E-state index is -0.411. The zero-order valence-electron chi connectivity index (χ0n) is 12.8. The maximum absolute atomic E-state index is 13.2. The highest BCUT2D eigenvalue weighted by molar-refractivity contribution is 7.99. The molecule has 1 N–H and O–H groups in total. The van der Waals surface area contributed by atoms with Crippen LogP contribution in [0, 0.1) is 5.82 Å². The number of halogens is 4. The molecule has 10 heteroatoms. The molecule has 0 aliphatic rings. The van der Waals surface area contributed by atoms with E-state index >= 15 is 0 Å². The van der Waals surface area contributed by atoms with E-state index in [9.17, 15) is 9.18 Å². The number of carbonyl (C=O) groups excluding carboxylic acids is 1. The number of thioether (sulfide) groups is 1.